The molecule has 0 aliphatic carbocycles. The summed E-state index contributed by atoms with van der Waals surface area (Å²) in [6.45, 7) is 5.11. The summed E-state index contributed by atoms with van der Waals surface area (Å²) in [6.07, 6.45) is -2.88. The maximum absolute atomic E-state index is 15.4. The lowest BCUT2D eigenvalue weighted by atomic mass is 9.94. The number of aryl methyl sites for hydroxylation is 1. The van der Waals surface area contributed by atoms with E-state index in [0.717, 1.165) is 12.1 Å². The molecular formula is C28H30F4N2O6. The van der Waals surface area contributed by atoms with Crippen molar-refractivity contribution in [1.82, 2.24) is 5.32 Å². The lowest BCUT2D eigenvalue weighted by Gasteiger charge is -2.33. The molecule has 0 aromatic heterocycles. The monoisotopic (exact) mass is 566 g/mol. The minimum absolute atomic E-state index is 0.0772. The third-order valence-corrected chi connectivity index (χ3v) is 6.83. The third kappa shape index (κ3) is 6.91. The van der Waals surface area contributed by atoms with Crippen LogP contribution in [-0.4, -0.2) is 49.3 Å². The van der Waals surface area contributed by atoms with E-state index in [1.54, 1.807) is 18.7 Å². The van der Waals surface area contributed by atoms with E-state index in [1.807, 2.05) is 0 Å². The Labute approximate surface area is 228 Å². The first kappa shape index (κ1) is 30.5. The molecule has 8 nitrogen and oxygen atoms in total. The Hall–Kier alpha value is -4.09. The summed E-state index contributed by atoms with van der Waals surface area (Å²) in [7, 11) is 1.33. The summed E-state index contributed by atoms with van der Waals surface area (Å²) in [6, 6.07) is 4.71. The molecule has 0 spiro atoms. The highest BCUT2D eigenvalue weighted by Crippen LogP contribution is 2.39. The highest BCUT2D eigenvalue weighted by molar-refractivity contribution is 6.26. The van der Waals surface area contributed by atoms with Gasteiger partial charge >= 0.3 is 12.3 Å². The molecule has 1 aliphatic rings. The molecule has 12 heteroatoms. The number of allylic oxidation sites excluding steroid dienone is 1. The second-order valence-corrected chi connectivity index (χ2v) is 9.36. The van der Waals surface area contributed by atoms with E-state index in [1.165, 1.54) is 32.2 Å². The van der Waals surface area contributed by atoms with Crippen molar-refractivity contribution in [3.05, 3.63) is 64.0 Å². The van der Waals surface area contributed by atoms with Crippen molar-refractivity contribution in [3.8, 4) is 11.5 Å². The number of methoxy groups -OCH3 is 1. The lowest BCUT2D eigenvalue weighted by molar-refractivity contribution is -0.274. The average molecular weight is 567 g/mol. The van der Waals surface area contributed by atoms with E-state index in [-0.39, 0.29) is 29.1 Å². The predicted molar refractivity (Wildman–Crippen MR) is 138 cm³/mol. The molecule has 40 heavy (non-hydrogen) atoms. The van der Waals surface area contributed by atoms with Gasteiger partial charge in [-0.2, -0.15) is 0 Å². The molecule has 216 valence electrons. The van der Waals surface area contributed by atoms with Gasteiger partial charge in [-0.3, -0.25) is 14.4 Å². The maximum atomic E-state index is 15.4. The summed E-state index contributed by atoms with van der Waals surface area (Å²) < 4.78 is 62.1. The van der Waals surface area contributed by atoms with Crippen molar-refractivity contribution >= 4 is 23.3 Å². The van der Waals surface area contributed by atoms with Crippen LogP contribution >= 0.6 is 0 Å². The fourth-order valence-corrected chi connectivity index (χ4v) is 4.69. The van der Waals surface area contributed by atoms with Crippen LogP contribution < -0.4 is 19.7 Å². The van der Waals surface area contributed by atoms with Gasteiger partial charge in [-0.05, 0) is 62.9 Å². The number of ether oxygens (including phenoxy) is 2. The fraction of sp³-hybridized carbons (Fsp3) is 0.393. The third-order valence-electron chi connectivity index (χ3n) is 6.83. The topological polar surface area (TPSA) is 105 Å². The molecule has 0 atom stereocenters. The Morgan fingerprint density at radius 3 is 2.33 bits per heavy atom. The smallest absolute Gasteiger partial charge is 0.494 e. The zero-order chi connectivity index (χ0) is 29.8. The zero-order valence-corrected chi connectivity index (χ0v) is 22.4. The molecule has 1 heterocycles. The van der Waals surface area contributed by atoms with Gasteiger partial charge in [0.1, 0.15) is 17.2 Å². The lowest BCUT2D eigenvalue weighted by Crippen LogP contribution is -2.37. The van der Waals surface area contributed by atoms with Crippen molar-refractivity contribution in [1.29, 1.82) is 0 Å². The van der Waals surface area contributed by atoms with Crippen LogP contribution in [-0.2, 0) is 16.1 Å². The van der Waals surface area contributed by atoms with E-state index < -0.39 is 41.5 Å². The number of halogens is 4. The van der Waals surface area contributed by atoms with Crippen LogP contribution in [0.2, 0.25) is 0 Å². The Balaban J connectivity index is 1.79. The second-order valence-electron chi connectivity index (χ2n) is 9.36. The average Bonchev–Trinajstić information content (AvgIpc) is 2.88. The number of rotatable bonds is 9. The highest BCUT2D eigenvalue weighted by Gasteiger charge is 2.32. The molecule has 1 fully saturated rings. The zero-order valence-electron chi connectivity index (χ0n) is 22.4. The van der Waals surface area contributed by atoms with E-state index in [0.29, 0.717) is 42.6 Å². The number of amides is 1. The minimum atomic E-state index is -4.83. The Kier molecular flexibility index (Phi) is 9.44. The normalized spacial score (nSPS) is 14.6. The molecule has 3 rings (SSSR count). The largest absolute Gasteiger partial charge is 0.573 e. The molecule has 2 N–H and O–H groups in total. The quantitative estimate of drug-likeness (QED) is 0.143. The van der Waals surface area contributed by atoms with Crippen LogP contribution in [0.5, 0.6) is 11.5 Å². The van der Waals surface area contributed by atoms with Gasteiger partial charge in [0.25, 0.3) is 5.91 Å². The number of ketones is 1. The number of nitrogens with zero attached hydrogens (tertiary/aromatic N) is 1. The molecule has 1 aliphatic heterocycles. The summed E-state index contributed by atoms with van der Waals surface area (Å²) in [4.78, 5) is 39.3. The van der Waals surface area contributed by atoms with Gasteiger partial charge in [0.2, 0.25) is 0 Å². The van der Waals surface area contributed by atoms with E-state index >= 15 is 4.39 Å². The van der Waals surface area contributed by atoms with Gasteiger partial charge in [-0.25, -0.2) is 4.39 Å². The van der Waals surface area contributed by atoms with Gasteiger partial charge in [0, 0.05) is 30.8 Å². The molecule has 1 amide bonds. The first-order chi connectivity index (χ1) is 18.8. The van der Waals surface area contributed by atoms with Gasteiger partial charge < -0.3 is 24.8 Å². The number of hydrogen-bond donors (Lipinski definition) is 2. The highest BCUT2D eigenvalue weighted by atomic mass is 19.4. The second kappa shape index (κ2) is 12.4. The number of carboxylic acid groups (broad SMARTS) is 1. The molecule has 1 saturated heterocycles. The molecular weight excluding hydrogens is 536 g/mol. The summed E-state index contributed by atoms with van der Waals surface area (Å²) in [5.74, 6) is -3.93. The number of hydrogen-bond acceptors (Lipinski definition) is 6. The Morgan fingerprint density at radius 2 is 1.80 bits per heavy atom. The van der Waals surface area contributed by atoms with Crippen molar-refractivity contribution in [2.75, 3.05) is 25.1 Å². The van der Waals surface area contributed by atoms with Gasteiger partial charge in [0.05, 0.1) is 18.6 Å². The van der Waals surface area contributed by atoms with Crippen LogP contribution in [0.15, 0.2) is 35.9 Å². The molecule has 2 aromatic carbocycles. The molecule has 0 radical (unpaired) electrons. The first-order valence-electron chi connectivity index (χ1n) is 12.5. The van der Waals surface area contributed by atoms with E-state index in [2.05, 4.69) is 10.1 Å². The summed E-state index contributed by atoms with van der Waals surface area (Å²) in [5, 5.41) is 11.8. The van der Waals surface area contributed by atoms with Crippen molar-refractivity contribution in [3.63, 3.8) is 0 Å². The molecule has 0 unspecified atom stereocenters. The Bertz CT molecular complexity index is 1330. The number of carbonyl (C=O) groups excluding carboxylic acids is 2. The molecule has 0 bridgehead atoms. The van der Waals surface area contributed by atoms with Crippen LogP contribution in [0, 0.1) is 25.6 Å². The summed E-state index contributed by atoms with van der Waals surface area (Å²) >= 11 is 0. The van der Waals surface area contributed by atoms with Crippen molar-refractivity contribution in [2.45, 2.75) is 46.5 Å². The van der Waals surface area contributed by atoms with Gasteiger partial charge in [-0.15, -0.1) is 13.2 Å². The van der Waals surface area contributed by atoms with Gasteiger partial charge in [0.15, 0.2) is 11.6 Å². The molecule has 0 saturated carbocycles. The number of aliphatic carboxylic acids is 1. The Morgan fingerprint density at radius 1 is 1.15 bits per heavy atom. The van der Waals surface area contributed by atoms with Crippen LogP contribution in [0.1, 0.15) is 46.8 Å². The number of carbonyl (C=O) groups is 3. The predicted octanol–water partition coefficient (Wildman–Crippen LogP) is 5.10. The fourth-order valence-electron chi connectivity index (χ4n) is 4.69. The van der Waals surface area contributed by atoms with Crippen LogP contribution in [0.4, 0.5) is 23.2 Å². The van der Waals surface area contributed by atoms with E-state index in [9.17, 15) is 32.7 Å². The number of piperidine rings is 1. The van der Waals surface area contributed by atoms with Crippen molar-refractivity contribution < 1.29 is 46.5 Å². The number of benzene rings is 2. The number of alkyl halides is 3. The number of anilines is 1. The standard InChI is InChI=1S/C28H30F4N2O6/c1-5-20(26(36)33-14-18-6-7-19(12-15(18)2)40-28(30,31)32)24(35)21-13-22(29)23(25(39-4)16(21)3)34-10-8-17(9-11-34)27(37)38/h5-7,12-13,17H,8-11,14H2,1-4H3,(H,33,36)(H,37,38)/b20-5+. The first-order valence-corrected chi connectivity index (χ1v) is 12.5. The number of carboxylic acids is 1. The summed E-state index contributed by atoms with van der Waals surface area (Å²) in [5.41, 5.74) is 1.04. The maximum Gasteiger partial charge on any atom is 0.573 e. The number of Topliss-reactive ketones (excluding diaryl/α,β-unsaturated/α-hetero) is 1. The molecule has 2 aromatic rings. The van der Waals surface area contributed by atoms with E-state index in [4.69, 9.17) is 4.74 Å². The number of nitrogens with one attached hydrogen (secondary N) is 1. The minimum Gasteiger partial charge on any atom is -0.494 e. The van der Waals surface area contributed by atoms with Gasteiger partial charge in [-0.1, -0.05) is 12.1 Å². The van der Waals surface area contributed by atoms with Crippen LogP contribution in [0.3, 0.4) is 0 Å². The van der Waals surface area contributed by atoms with Crippen molar-refractivity contribution in [2.24, 2.45) is 5.92 Å². The SMILES string of the molecule is C/C=C(/C(=O)NCc1ccc(OC(F)(F)F)cc1C)C(=O)c1cc(F)c(N2CCC(C(=O)O)CC2)c(OC)c1C. The van der Waals surface area contributed by atoms with Crippen LogP contribution in [0.25, 0.3) is 0 Å².